The number of hydrogen-bond acceptors (Lipinski definition) is 5. The first-order chi connectivity index (χ1) is 13.8. The maximum absolute atomic E-state index is 12.4. The Morgan fingerprint density at radius 1 is 1.41 bits per heavy atom. The van der Waals surface area contributed by atoms with Gasteiger partial charge in [0, 0.05) is 23.1 Å². The number of carboxylic acids is 1. The van der Waals surface area contributed by atoms with E-state index in [-0.39, 0.29) is 18.4 Å². The van der Waals surface area contributed by atoms with Crippen LogP contribution in [-0.4, -0.2) is 34.4 Å². The number of pyridine rings is 1. The van der Waals surface area contributed by atoms with Crippen LogP contribution in [0.1, 0.15) is 55.5 Å². The van der Waals surface area contributed by atoms with Crippen LogP contribution in [0.5, 0.6) is 17.2 Å². The Kier molecular flexibility index (Phi) is 6.07. The summed E-state index contributed by atoms with van der Waals surface area (Å²) in [5.74, 6) is -1.43. The molecule has 1 aromatic heterocycles. The zero-order chi connectivity index (χ0) is 21.3. The van der Waals surface area contributed by atoms with Crippen molar-refractivity contribution in [2.24, 2.45) is 5.92 Å². The van der Waals surface area contributed by atoms with Crippen LogP contribution in [0.2, 0.25) is 5.02 Å². The average molecular weight is 422 g/mol. The van der Waals surface area contributed by atoms with E-state index >= 15 is 0 Å². The Morgan fingerprint density at radius 3 is 2.76 bits per heavy atom. The summed E-state index contributed by atoms with van der Waals surface area (Å²) in [5, 5.41) is 20.4. The number of aromatic amines is 1. The minimum Gasteiger partial charge on any atom is -0.506 e. The van der Waals surface area contributed by atoms with Crippen molar-refractivity contribution >= 4 is 17.6 Å². The first-order valence-electron chi connectivity index (χ1n) is 9.58. The van der Waals surface area contributed by atoms with Crippen LogP contribution >= 0.6 is 11.6 Å². The lowest BCUT2D eigenvalue weighted by atomic mass is 9.85. The number of aromatic hydroxyl groups is 1. The molecule has 3 rings (SSSR count). The van der Waals surface area contributed by atoms with Gasteiger partial charge in [-0.25, -0.2) is 4.79 Å². The molecule has 1 aromatic carbocycles. The molecule has 0 spiro atoms. The van der Waals surface area contributed by atoms with Gasteiger partial charge in [0.2, 0.25) is 0 Å². The molecule has 0 saturated carbocycles. The molecule has 29 heavy (non-hydrogen) atoms. The summed E-state index contributed by atoms with van der Waals surface area (Å²) in [4.78, 5) is 26.5. The number of aromatic carboxylic acids is 1. The highest BCUT2D eigenvalue weighted by molar-refractivity contribution is 6.32. The van der Waals surface area contributed by atoms with Crippen molar-refractivity contribution in [1.29, 1.82) is 0 Å². The molecular formula is C21H24ClNO6. The summed E-state index contributed by atoms with van der Waals surface area (Å²) in [5.41, 5.74) is -0.440. The van der Waals surface area contributed by atoms with Crippen LogP contribution in [0.4, 0.5) is 0 Å². The van der Waals surface area contributed by atoms with Gasteiger partial charge in [-0.3, -0.25) is 4.79 Å². The van der Waals surface area contributed by atoms with Gasteiger partial charge >= 0.3 is 5.97 Å². The molecule has 156 valence electrons. The number of carboxylic acid groups (broad SMARTS) is 1. The third-order valence-electron chi connectivity index (χ3n) is 5.09. The Labute approximate surface area is 173 Å². The lowest BCUT2D eigenvalue weighted by molar-refractivity contribution is 0.0691. The van der Waals surface area contributed by atoms with Crippen molar-refractivity contribution in [3.05, 3.63) is 38.6 Å². The van der Waals surface area contributed by atoms with Gasteiger partial charge in [-0.1, -0.05) is 38.8 Å². The smallest absolute Gasteiger partial charge is 0.345 e. The van der Waals surface area contributed by atoms with Gasteiger partial charge in [0.1, 0.15) is 17.2 Å². The quantitative estimate of drug-likeness (QED) is 0.596. The van der Waals surface area contributed by atoms with Crippen molar-refractivity contribution in [2.45, 2.75) is 39.5 Å². The molecule has 0 radical (unpaired) electrons. The predicted octanol–water partition coefficient (Wildman–Crippen LogP) is 4.41. The number of carbonyl (C=O) groups is 1. The summed E-state index contributed by atoms with van der Waals surface area (Å²) in [7, 11) is 0. The molecular weight excluding hydrogens is 398 g/mol. The van der Waals surface area contributed by atoms with E-state index in [0.717, 1.165) is 12.8 Å². The molecule has 1 aliphatic rings. The van der Waals surface area contributed by atoms with E-state index in [1.165, 1.54) is 0 Å². The van der Waals surface area contributed by atoms with Crippen molar-refractivity contribution in [1.82, 2.24) is 4.98 Å². The molecule has 0 fully saturated rings. The maximum atomic E-state index is 12.4. The van der Waals surface area contributed by atoms with E-state index in [1.54, 1.807) is 12.1 Å². The number of halogens is 1. The molecule has 0 unspecified atom stereocenters. The highest BCUT2D eigenvalue weighted by atomic mass is 35.5. The molecule has 0 bridgehead atoms. The molecule has 1 aliphatic heterocycles. The highest BCUT2D eigenvalue weighted by Crippen LogP contribution is 2.47. The largest absolute Gasteiger partial charge is 0.506 e. The third-order valence-corrected chi connectivity index (χ3v) is 5.39. The summed E-state index contributed by atoms with van der Waals surface area (Å²) in [6.07, 6.45) is 1.86. The van der Waals surface area contributed by atoms with Crippen molar-refractivity contribution in [3.8, 4) is 28.5 Å². The third kappa shape index (κ3) is 3.92. The predicted molar refractivity (Wildman–Crippen MR) is 110 cm³/mol. The molecule has 2 aromatic rings. The molecule has 0 saturated heterocycles. The van der Waals surface area contributed by atoms with E-state index in [9.17, 15) is 19.8 Å². The number of nitrogens with one attached hydrogen (secondary N) is 1. The Balaban J connectivity index is 2.23. The molecule has 0 amide bonds. The number of rotatable bonds is 6. The summed E-state index contributed by atoms with van der Waals surface area (Å²) in [6.45, 7) is 6.64. The average Bonchev–Trinajstić information content (AvgIpc) is 2.79. The summed E-state index contributed by atoms with van der Waals surface area (Å²) < 4.78 is 11.7. The number of ether oxygens (including phenoxy) is 2. The van der Waals surface area contributed by atoms with E-state index in [1.807, 2.05) is 13.8 Å². The minimum atomic E-state index is -1.49. The first kappa shape index (κ1) is 21.0. The van der Waals surface area contributed by atoms with Crippen LogP contribution < -0.4 is 15.0 Å². The fourth-order valence-electron chi connectivity index (χ4n) is 3.45. The fourth-order valence-corrected chi connectivity index (χ4v) is 3.67. The molecule has 3 N–H and O–H groups in total. The lowest BCUT2D eigenvalue weighted by Gasteiger charge is -2.22. The van der Waals surface area contributed by atoms with Crippen LogP contribution in [0.3, 0.4) is 0 Å². The standard InChI is InChI=1S/C21H24ClNO6/c1-4-5-6-28-15-8-14-11(7-13(15)22)18-16(12(9-29-14)10(2)3)19(24)17(21(26)27)20(25)23-18/h7-8,10,12H,4-6,9H2,1-3H3,(H,26,27)(H2,23,24,25)/t12-/m0/s1. The second kappa shape index (κ2) is 8.37. The fraction of sp³-hybridized carbons (Fsp3) is 0.429. The normalized spacial score (nSPS) is 15.3. The van der Waals surface area contributed by atoms with E-state index in [4.69, 9.17) is 21.1 Å². The van der Waals surface area contributed by atoms with Gasteiger partial charge in [0.15, 0.2) is 5.56 Å². The molecule has 7 nitrogen and oxygen atoms in total. The van der Waals surface area contributed by atoms with Crippen LogP contribution in [0, 0.1) is 5.92 Å². The number of aromatic nitrogens is 1. The zero-order valence-electron chi connectivity index (χ0n) is 16.5. The number of fused-ring (bicyclic) bond motifs is 3. The Morgan fingerprint density at radius 2 is 2.14 bits per heavy atom. The second-order valence-corrected chi connectivity index (χ2v) is 7.82. The van der Waals surface area contributed by atoms with Gasteiger partial charge in [-0.05, 0) is 18.4 Å². The van der Waals surface area contributed by atoms with Gasteiger partial charge in [0.25, 0.3) is 5.56 Å². The van der Waals surface area contributed by atoms with Crippen molar-refractivity contribution in [2.75, 3.05) is 13.2 Å². The van der Waals surface area contributed by atoms with E-state index < -0.39 is 22.8 Å². The number of hydrogen-bond donors (Lipinski definition) is 3. The minimum absolute atomic E-state index is 0.0113. The van der Waals surface area contributed by atoms with E-state index in [0.29, 0.717) is 39.9 Å². The van der Waals surface area contributed by atoms with Gasteiger partial charge in [-0.2, -0.15) is 0 Å². The van der Waals surface area contributed by atoms with Crippen LogP contribution in [-0.2, 0) is 0 Å². The monoisotopic (exact) mass is 421 g/mol. The van der Waals surface area contributed by atoms with Crippen molar-refractivity contribution < 1.29 is 24.5 Å². The van der Waals surface area contributed by atoms with Crippen LogP contribution in [0.25, 0.3) is 11.3 Å². The molecule has 8 heteroatoms. The topological polar surface area (TPSA) is 109 Å². The molecule has 0 aliphatic carbocycles. The van der Waals surface area contributed by atoms with Gasteiger partial charge in [0.05, 0.1) is 23.9 Å². The zero-order valence-corrected chi connectivity index (χ0v) is 17.3. The molecule has 1 atom stereocenters. The Bertz CT molecular complexity index is 998. The lowest BCUT2D eigenvalue weighted by Crippen LogP contribution is -2.23. The Hall–Kier alpha value is -2.67. The maximum Gasteiger partial charge on any atom is 0.345 e. The summed E-state index contributed by atoms with van der Waals surface area (Å²) in [6, 6.07) is 3.27. The van der Waals surface area contributed by atoms with E-state index in [2.05, 4.69) is 11.9 Å². The number of benzene rings is 1. The van der Waals surface area contributed by atoms with Crippen molar-refractivity contribution in [3.63, 3.8) is 0 Å². The summed E-state index contributed by atoms with van der Waals surface area (Å²) >= 11 is 6.39. The number of unbranched alkanes of at least 4 members (excludes halogenated alkanes) is 1. The SMILES string of the molecule is CCCCOc1cc2c(cc1Cl)-c1[nH]c(=O)c(C(=O)O)c(O)c1[C@H](C(C)C)CO2. The van der Waals surface area contributed by atoms with Gasteiger partial charge < -0.3 is 24.7 Å². The van der Waals surface area contributed by atoms with Gasteiger partial charge in [-0.15, -0.1) is 0 Å². The van der Waals surface area contributed by atoms with Crippen LogP contribution in [0.15, 0.2) is 16.9 Å². The second-order valence-electron chi connectivity index (χ2n) is 7.41. The highest BCUT2D eigenvalue weighted by Gasteiger charge is 2.33. The first-order valence-corrected chi connectivity index (χ1v) is 9.95. The molecule has 2 heterocycles. The number of H-pyrrole nitrogens is 1.